The first-order chi connectivity index (χ1) is 10.1. The molecule has 1 fully saturated rings. The van der Waals surface area contributed by atoms with Gasteiger partial charge in [0.2, 0.25) is 5.91 Å². The molecule has 2 aromatic rings. The molecule has 0 aromatic carbocycles. The molecule has 0 saturated carbocycles. The molecule has 1 aliphatic rings. The van der Waals surface area contributed by atoms with Crippen molar-refractivity contribution < 1.29 is 4.79 Å². The third-order valence-electron chi connectivity index (χ3n) is 4.33. The monoisotopic (exact) mass is 287 g/mol. The van der Waals surface area contributed by atoms with Gasteiger partial charge in [-0.25, -0.2) is 0 Å². The summed E-state index contributed by atoms with van der Waals surface area (Å²) in [6, 6.07) is 1.97. The van der Waals surface area contributed by atoms with Crippen molar-refractivity contribution in [1.82, 2.24) is 24.9 Å². The number of likely N-dealkylation sites (tertiary alicyclic amines) is 1. The second kappa shape index (κ2) is 5.71. The predicted octanol–water partition coefficient (Wildman–Crippen LogP) is 1.40. The number of rotatable bonds is 4. The quantitative estimate of drug-likeness (QED) is 0.924. The Morgan fingerprint density at radius 1 is 1.52 bits per heavy atom. The van der Waals surface area contributed by atoms with E-state index in [2.05, 4.69) is 22.2 Å². The van der Waals surface area contributed by atoms with E-state index in [1.165, 1.54) is 11.3 Å². The molecule has 2 aromatic heterocycles. The molecule has 112 valence electrons. The summed E-state index contributed by atoms with van der Waals surface area (Å²) in [6.45, 7) is 3.70. The zero-order valence-electron chi connectivity index (χ0n) is 12.5. The molecule has 0 bridgehead atoms. The van der Waals surface area contributed by atoms with Gasteiger partial charge in [-0.3, -0.25) is 14.6 Å². The second-order valence-corrected chi connectivity index (χ2v) is 5.74. The van der Waals surface area contributed by atoms with E-state index in [0.29, 0.717) is 12.3 Å². The average molecular weight is 287 g/mol. The topological polar surface area (TPSA) is 66.8 Å². The maximum atomic E-state index is 12.3. The second-order valence-electron chi connectivity index (χ2n) is 5.74. The number of aromatic amines is 1. The molecule has 1 saturated heterocycles. The number of aryl methyl sites for hydroxylation is 3. The highest BCUT2D eigenvalue weighted by atomic mass is 16.2. The van der Waals surface area contributed by atoms with Crippen molar-refractivity contribution >= 4 is 5.91 Å². The lowest BCUT2D eigenvalue weighted by Gasteiger charge is -2.16. The average Bonchev–Trinajstić information content (AvgIpc) is 3.17. The Morgan fingerprint density at radius 3 is 3.05 bits per heavy atom. The molecule has 1 N–H and O–H groups in total. The van der Waals surface area contributed by atoms with Gasteiger partial charge in [0.25, 0.3) is 0 Å². The highest BCUT2D eigenvalue weighted by Gasteiger charge is 2.28. The molecule has 21 heavy (non-hydrogen) atoms. The van der Waals surface area contributed by atoms with Crippen molar-refractivity contribution in [3.63, 3.8) is 0 Å². The molecular weight excluding hydrogens is 266 g/mol. The van der Waals surface area contributed by atoms with Gasteiger partial charge in [-0.1, -0.05) is 0 Å². The number of aromatic nitrogens is 4. The number of carbonyl (C=O) groups is 1. The van der Waals surface area contributed by atoms with Crippen LogP contribution in [0.15, 0.2) is 18.5 Å². The van der Waals surface area contributed by atoms with Crippen molar-refractivity contribution in [1.29, 1.82) is 0 Å². The molecular formula is C15H21N5O. The highest BCUT2D eigenvalue weighted by Crippen LogP contribution is 2.28. The van der Waals surface area contributed by atoms with Crippen LogP contribution in [0.3, 0.4) is 0 Å². The van der Waals surface area contributed by atoms with Gasteiger partial charge < -0.3 is 4.90 Å². The fraction of sp³-hybridized carbons (Fsp3) is 0.533. The van der Waals surface area contributed by atoms with Crippen molar-refractivity contribution in [3.8, 4) is 0 Å². The molecule has 0 aliphatic carbocycles. The van der Waals surface area contributed by atoms with Crippen LogP contribution in [0.1, 0.15) is 35.7 Å². The van der Waals surface area contributed by atoms with Gasteiger partial charge in [-0.05, 0) is 31.4 Å². The lowest BCUT2D eigenvalue weighted by Crippen LogP contribution is -2.28. The van der Waals surface area contributed by atoms with E-state index in [1.807, 2.05) is 28.9 Å². The van der Waals surface area contributed by atoms with Crippen molar-refractivity contribution in [2.24, 2.45) is 7.05 Å². The van der Waals surface area contributed by atoms with Crippen LogP contribution in [0.25, 0.3) is 0 Å². The summed E-state index contributed by atoms with van der Waals surface area (Å²) >= 11 is 0. The lowest BCUT2D eigenvalue weighted by molar-refractivity contribution is -0.130. The Balaban J connectivity index is 1.55. The van der Waals surface area contributed by atoms with Crippen LogP contribution in [0.2, 0.25) is 0 Å². The minimum Gasteiger partial charge on any atom is -0.342 e. The van der Waals surface area contributed by atoms with Gasteiger partial charge in [-0.2, -0.15) is 10.2 Å². The number of hydrogen-bond acceptors (Lipinski definition) is 3. The smallest absolute Gasteiger partial charge is 0.222 e. The Bertz CT molecular complexity index is 630. The molecule has 1 aliphatic heterocycles. The van der Waals surface area contributed by atoms with E-state index in [-0.39, 0.29) is 5.91 Å². The normalized spacial score (nSPS) is 18.4. The standard InChI is InChI=1S/C15H21N5O/c1-11-9-16-18-15(11)12-6-8-20(10-12)14(21)4-3-13-5-7-17-19(13)2/h5,7,9,12H,3-4,6,8,10H2,1-2H3,(H,16,18)/t12-/m0/s1. The van der Waals surface area contributed by atoms with E-state index in [9.17, 15) is 4.79 Å². The summed E-state index contributed by atoms with van der Waals surface area (Å²) in [7, 11) is 1.91. The van der Waals surface area contributed by atoms with Crippen molar-refractivity contribution in [3.05, 3.63) is 35.4 Å². The van der Waals surface area contributed by atoms with Crippen LogP contribution in [-0.2, 0) is 18.3 Å². The summed E-state index contributed by atoms with van der Waals surface area (Å²) < 4.78 is 1.83. The largest absolute Gasteiger partial charge is 0.342 e. The summed E-state index contributed by atoms with van der Waals surface area (Å²) in [6.07, 6.45) is 5.93. The van der Waals surface area contributed by atoms with Crippen LogP contribution in [0, 0.1) is 6.92 Å². The van der Waals surface area contributed by atoms with Gasteiger partial charge in [0.1, 0.15) is 0 Å². The highest BCUT2D eigenvalue weighted by molar-refractivity contribution is 5.76. The number of nitrogens with one attached hydrogen (secondary N) is 1. The predicted molar refractivity (Wildman–Crippen MR) is 78.8 cm³/mol. The maximum Gasteiger partial charge on any atom is 0.222 e. The molecule has 1 atom stereocenters. The van der Waals surface area contributed by atoms with Crippen molar-refractivity contribution in [2.45, 2.75) is 32.1 Å². The van der Waals surface area contributed by atoms with Gasteiger partial charge in [0.05, 0.1) is 6.20 Å². The number of H-pyrrole nitrogens is 1. The van der Waals surface area contributed by atoms with Crippen LogP contribution in [0.5, 0.6) is 0 Å². The van der Waals surface area contributed by atoms with E-state index in [1.54, 1.807) is 6.20 Å². The Kier molecular flexibility index (Phi) is 3.77. The molecule has 1 amide bonds. The minimum absolute atomic E-state index is 0.232. The first-order valence-electron chi connectivity index (χ1n) is 7.39. The fourth-order valence-corrected chi connectivity index (χ4v) is 3.03. The summed E-state index contributed by atoms with van der Waals surface area (Å²) in [5, 5.41) is 11.3. The van der Waals surface area contributed by atoms with E-state index >= 15 is 0 Å². The number of carbonyl (C=O) groups excluding carboxylic acids is 1. The maximum absolute atomic E-state index is 12.3. The summed E-state index contributed by atoms with van der Waals surface area (Å²) in [5.41, 5.74) is 3.46. The summed E-state index contributed by atoms with van der Waals surface area (Å²) in [5.74, 6) is 0.629. The van der Waals surface area contributed by atoms with Crippen LogP contribution in [0.4, 0.5) is 0 Å². The number of amides is 1. The van der Waals surface area contributed by atoms with Gasteiger partial charge in [0.15, 0.2) is 0 Å². The summed E-state index contributed by atoms with van der Waals surface area (Å²) in [4.78, 5) is 14.3. The number of hydrogen-bond donors (Lipinski definition) is 1. The third-order valence-corrected chi connectivity index (χ3v) is 4.33. The van der Waals surface area contributed by atoms with Gasteiger partial charge in [-0.15, -0.1) is 0 Å². The first-order valence-corrected chi connectivity index (χ1v) is 7.39. The number of nitrogens with zero attached hydrogens (tertiary/aromatic N) is 4. The SMILES string of the molecule is Cc1cn[nH]c1[C@H]1CCN(C(=O)CCc2ccnn2C)C1. The Morgan fingerprint density at radius 2 is 2.38 bits per heavy atom. The molecule has 6 nitrogen and oxygen atoms in total. The molecule has 6 heteroatoms. The molecule has 0 radical (unpaired) electrons. The Labute approximate surface area is 124 Å². The van der Waals surface area contributed by atoms with Crippen LogP contribution >= 0.6 is 0 Å². The van der Waals surface area contributed by atoms with Crippen LogP contribution in [-0.4, -0.2) is 43.9 Å². The van der Waals surface area contributed by atoms with E-state index in [4.69, 9.17) is 0 Å². The fourth-order valence-electron chi connectivity index (χ4n) is 3.03. The van der Waals surface area contributed by atoms with Gasteiger partial charge >= 0.3 is 0 Å². The van der Waals surface area contributed by atoms with E-state index < -0.39 is 0 Å². The van der Waals surface area contributed by atoms with Crippen LogP contribution < -0.4 is 0 Å². The molecule has 0 unspecified atom stereocenters. The zero-order chi connectivity index (χ0) is 14.8. The lowest BCUT2D eigenvalue weighted by atomic mass is 10.0. The minimum atomic E-state index is 0.232. The molecule has 3 heterocycles. The zero-order valence-corrected chi connectivity index (χ0v) is 12.5. The Hall–Kier alpha value is -2.11. The third kappa shape index (κ3) is 2.84. The van der Waals surface area contributed by atoms with Crippen molar-refractivity contribution in [2.75, 3.05) is 13.1 Å². The van der Waals surface area contributed by atoms with E-state index in [0.717, 1.165) is 31.6 Å². The molecule has 3 rings (SSSR count). The van der Waals surface area contributed by atoms with Gasteiger partial charge in [0, 0.05) is 50.1 Å². The molecule has 0 spiro atoms. The first kappa shape index (κ1) is 13.9.